The summed E-state index contributed by atoms with van der Waals surface area (Å²) in [6, 6.07) is 3.66. The molecule has 0 heterocycles. The zero-order valence-corrected chi connectivity index (χ0v) is 11.7. The van der Waals surface area contributed by atoms with Gasteiger partial charge in [-0.15, -0.1) is 0 Å². The number of ether oxygens (including phenoxy) is 1. The van der Waals surface area contributed by atoms with Gasteiger partial charge in [-0.1, -0.05) is 38.7 Å². The van der Waals surface area contributed by atoms with E-state index < -0.39 is 18.3 Å². The van der Waals surface area contributed by atoms with Crippen LogP contribution in [0, 0.1) is 0 Å². The van der Waals surface area contributed by atoms with Crippen molar-refractivity contribution in [2.45, 2.75) is 51.8 Å². The number of rotatable bonds is 8. The summed E-state index contributed by atoms with van der Waals surface area (Å²) >= 11 is 0. The maximum absolute atomic E-state index is 12.9. The number of hydrogen-bond donors (Lipinski definition) is 1. The minimum absolute atomic E-state index is 0.162. The molecule has 0 saturated heterocycles. The zero-order valence-electron chi connectivity index (χ0n) is 11.7. The van der Waals surface area contributed by atoms with Gasteiger partial charge >= 0.3 is 6.18 Å². The van der Waals surface area contributed by atoms with Crippen LogP contribution in [-0.4, -0.2) is 11.7 Å². The average Bonchev–Trinajstić information content (AvgIpc) is 2.41. The topological polar surface area (TPSA) is 29.5 Å². The van der Waals surface area contributed by atoms with Crippen LogP contribution in [0.1, 0.15) is 50.2 Å². The van der Waals surface area contributed by atoms with E-state index in [4.69, 9.17) is 9.84 Å². The Morgan fingerprint density at radius 3 is 2.40 bits per heavy atom. The lowest BCUT2D eigenvalue weighted by atomic mass is 10.1. The molecule has 0 amide bonds. The minimum atomic E-state index is -4.47. The second-order valence-electron chi connectivity index (χ2n) is 4.75. The first kappa shape index (κ1) is 16.8. The van der Waals surface area contributed by atoms with E-state index >= 15 is 0 Å². The second kappa shape index (κ2) is 8.15. The monoisotopic (exact) mass is 290 g/mol. The Bertz CT molecular complexity index is 403. The van der Waals surface area contributed by atoms with Gasteiger partial charge in [0.1, 0.15) is 5.75 Å². The molecule has 2 nitrogen and oxygen atoms in total. The molecule has 0 aliphatic rings. The largest absolute Gasteiger partial charge is 0.493 e. The van der Waals surface area contributed by atoms with Gasteiger partial charge in [-0.3, -0.25) is 0 Å². The molecule has 0 aliphatic carbocycles. The molecule has 0 bridgehead atoms. The average molecular weight is 290 g/mol. The summed E-state index contributed by atoms with van der Waals surface area (Å²) in [6.07, 6.45) is 0.585. The first-order chi connectivity index (χ1) is 9.49. The van der Waals surface area contributed by atoms with Crippen LogP contribution in [0.2, 0.25) is 0 Å². The number of aliphatic hydroxyl groups excluding tert-OH is 1. The molecule has 0 aromatic heterocycles. The first-order valence-corrected chi connectivity index (χ1v) is 6.92. The minimum Gasteiger partial charge on any atom is -0.493 e. The molecule has 0 saturated carbocycles. The number of unbranched alkanes of at least 4 members (excludes halogenated alkanes) is 4. The van der Waals surface area contributed by atoms with Crippen LogP contribution in [0.4, 0.5) is 13.2 Å². The van der Waals surface area contributed by atoms with Crippen molar-refractivity contribution in [3.05, 3.63) is 29.3 Å². The standard InChI is InChI=1S/C15H21F3O2/c1-2-3-4-5-6-9-20-14-8-7-12(11-19)10-13(14)15(16,17)18/h7-8,10,19H,2-6,9,11H2,1H3. The van der Waals surface area contributed by atoms with E-state index in [1.54, 1.807) is 0 Å². The van der Waals surface area contributed by atoms with E-state index in [1.165, 1.54) is 12.1 Å². The Labute approximate surface area is 117 Å². The maximum Gasteiger partial charge on any atom is 0.419 e. The molecule has 1 N–H and O–H groups in total. The molecule has 1 rings (SSSR count). The van der Waals surface area contributed by atoms with Crippen LogP contribution >= 0.6 is 0 Å². The summed E-state index contributed by atoms with van der Waals surface area (Å²) in [4.78, 5) is 0. The molecule has 0 radical (unpaired) electrons. The van der Waals surface area contributed by atoms with Gasteiger partial charge in [-0.25, -0.2) is 0 Å². The molecule has 114 valence electrons. The second-order valence-corrected chi connectivity index (χ2v) is 4.75. The zero-order chi connectivity index (χ0) is 15.0. The molecule has 1 aromatic carbocycles. The van der Waals surface area contributed by atoms with Gasteiger partial charge in [-0.05, 0) is 24.1 Å². The van der Waals surface area contributed by atoms with Gasteiger partial charge in [0.25, 0.3) is 0 Å². The summed E-state index contributed by atoms with van der Waals surface area (Å²) in [6.45, 7) is 1.97. The highest BCUT2D eigenvalue weighted by atomic mass is 19.4. The van der Waals surface area contributed by atoms with Gasteiger partial charge in [0.15, 0.2) is 0 Å². The Morgan fingerprint density at radius 2 is 1.80 bits per heavy atom. The summed E-state index contributed by atoms with van der Waals surface area (Å²) in [5, 5.41) is 8.91. The summed E-state index contributed by atoms with van der Waals surface area (Å²) in [5.41, 5.74) is -0.592. The maximum atomic E-state index is 12.9. The fraction of sp³-hybridized carbons (Fsp3) is 0.600. The van der Waals surface area contributed by atoms with Crippen molar-refractivity contribution in [1.29, 1.82) is 0 Å². The first-order valence-electron chi connectivity index (χ1n) is 6.92. The van der Waals surface area contributed by atoms with Crippen molar-refractivity contribution >= 4 is 0 Å². The van der Waals surface area contributed by atoms with Crippen LogP contribution in [0.5, 0.6) is 5.75 Å². The molecule has 20 heavy (non-hydrogen) atoms. The number of alkyl halides is 3. The lowest BCUT2D eigenvalue weighted by Crippen LogP contribution is -2.10. The van der Waals surface area contributed by atoms with E-state index in [0.29, 0.717) is 0 Å². The lowest BCUT2D eigenvalue weighted by Gasteiger charge is -2.15. The molecule has 5 heteroatoms. The van der Waals surface area contributed by atoms with Crippen molar-refractivity contribution in [2.24, 2.45) is 0 Å². The number of benzene rings is 1. The molecule has 0 atom stereocenters. The van der Waals surface area contributed by atoms with Crippen LogP contribution in [0.15, 0.2) is 18.2 Å². The van der Waals surface area contributed by atoms with E-state index in [-0.39, 0.29) is 17.9 Å². The van der Waals surface area contributed by atoms with Crippen LogP contribution in [0.25, 0.3) is 0 Å². The molecule has 0 unspecified atom stereocenters. The Hall–Kier alpha value is -1.23. The SMILES string of the molecule is CCCCCCCOc1ccc(CO)cc1C(F)(F)F. The Morgan fingerprint density at radius 1 is 1.10 bits per heavy atom. The van der Waals surface area contributed by atoms with Gasteiger partial charge in [0.2, 0.25) is 0 Å². The lowest BCUT2D eigenvalue weighted by molar-refractivity contribution is -0.139. The predicted molar refractivity (Wildman–Crippen MR) is 71.6 cm³/mol. The van der Waals surface area contributed by atoms with Crippen LogP contribution in [0.3, 0.4) is 0 Å². The van der Waals surface area contributed by atoms with Crippen molar-refractivity contribution in [2.75, 3.05) is 6.61 Å². The van der Waals surface area contributed by atoms with E-state index in [0.717, 1.165) is 38.2 Å². The highest BCUT2D eigenvalue weighted by molar-refractivity contribution is 5.39. The molecule has 0 spiro atoms. The predicted octanol–water partition coefficient (Wildman–Crippen LogP) is 4.55. The summed E-state index contributed by atoms with van der Waals surface area (Å²) in [5.74, 6) is -0.162. The van der Waals surface area contributed by atoms with Crippen molar-refractivity contribution < 1.29 is 23.0 Å². The molecular formula is C15H21F3O2. The Balaban J connectivity index is 2.60. The van der Waals surface area contributed by atoms with Crippen molar-refractivity contribution in [3.63, 3.8) is 0 Å². The normalized spacial score (nSPS) is 11.7. The van der Waals surface area contributed by atoms with E-state index in [1.807, 2.05) is 0 Å². The summed E-state index contributed by atoms with van der Waals surface area (Å²) < 4.78 is 43.9. The summed E-state index contributed by atoms with van der Waals surface area (Å²) in [7, 11) is 0. The quantitative estimate of drug-likeness (QED) is 0.712. The van der Waals surface area contributed by atoms with E-state index in [2.05, 4.69) is 6.92 Å². The smallest absolute Gasteiger partial charge is 0.419 e. The third-order valence-electron chi connectivity index (χ3n) is 3.04. The van der Waals surface area contributed by atoms with Crippen LogP contribution in [-0.2, 0) is 12.8 Å². The fourth-order valence-electron chi connectivity index (χ4n) is 1.91. The van der Waals surface area contributed by atoms with E-state index in [9.17, 15) is 13.2 Å². The van der Waals surface area contributed by atoms with Gasteiger partial charge in [-0.2, -0.15) is 13.2 Å². The highest BCUT2D eigenvalue weighted by Crippen LogP contribution is 2.37. The number of hydrogen-bond acceptors (Lipinski definition) is 2. The number of aliphatic hydroxyl groups is 1. The third-order valence-corrected chi connectivity index (χ3v) is 3.04. The van der Waals surface area contributed by atoms with Crippen LogP contribution < -0.4 is 4.74 Å². The van der Waals surface area contributed by atoms with Gasteiger partial charge in [0.05, 0.1) is 18.8 Å². The third kappa shape index (κ3) is 5.41. The Kier molecular flexibility index (Phi) is 6.85. The molecule has 1 aromatic rings. The van der Waals surface area contributed by atoms with Crippen molar-refractivity contribution in [1.82, 2.24) is 0 Å². The van der Waals surface area contributed by atoms with Gasteiger partial charge in [0, 0.05) is 0 Å². The van der Waals surface area contributed by atoms with Gasteiger partial charge < -0.3 is 9.84 Å². The highest BCUT2D eigenvalue weighted by Gasteiger charge is 2.34. The van der Waals surface area contributed by atoms with Crippen molar-refractivity contribution in [3.8, 4) is 5.75 Å². The molecule has 0 aliphatic heterocycles. The number of halogens is 3. The fourth-order valence-corrected chi connectivity index (χ4v) is 1.91. The molecule has 0 fully saturated rings. The molecular weight excluding hydrogens is 269 g/mol.